The number of alkyl carbamates (subject to hydrolysis) is 1. The summed E-state index contributed by atoms with van der Waals surface area (Å²) >= 11 is 3.15. The van der Waals surface area contributed by atoms with Gasteiger partial charge in [-0.25, -0.2) is 4.79 Å². The van der Waals surface area contributed by atoms with Crippen LogP contribution < -0.4 is 5.32 Å². The number of ketones is 1. The van der Waals surface area contributed by atoms with Crippen LogP contribution in [0.1, 0.15) is 32.8 Å². The lowest BCUT2D eigenvalue weighted by molar-refractivity contribution is -0.118. The number of carbonyl (C=O) groups is 2. The van der Waals surface area contributed by atoms with Gasteiger partial charge in [-0.1, -0.05) is 46.3 Å². The van der Waals surface area contributed by atoms with Crippen molar-refractivity contribution in [2.45, 2.75) is 45.3 Å². The fourth-order valence-electron chi connectivity index (χ4n) is 1.81. The van der Waals surface area contributed by atoms with Crippen LogP contribution in [-0.2, 0) is 16.0 Å². The van der Waals surface area contributed by atoms with Gasteiger partial charge in [0.25, 0.3) is 0 Å². The Hall–Kier alpha value is -1.36. The zero-order valence-corrected chi connectivity index (χ0v) is 14.3. The molecule has 0 spiro atoms. The van der Waals surface area contributed by atoms with E-state index in [1.807, 2.05) is 30.3 Å². The number of alkyl halides is 1. The van der Waals surface area contributed by atoms with Gasteiger partial charge in [-0.05, 0) is 39.2 Å². The monoisotopic (exact) mass is 355 g/mol. The summed E-state index contributed by atoms with van der Waals surface area (Å²) in [5, 5.41) is 2.86. The molecule has 0 saturated heterocycles. The van der Waals surface area contributed by atoms with E-state index in [4.69, 9.17) is 4.74 Å². The maximum absolute atomic E-state index is 11.9. The number of hydrogen-bond donors (Lipinski definition) is 1. The van der Waals surface area contributed by atoms with Gasteiger partial charge < -0.3 is 10.1 Å². The van der Waals surface area contributed by atoms with Crippen molar-refractivity contribution in [3.8, 4) is 0 Å². The van der Waals surface area contributed by atoms with Crippen molar-refractivity contribution >= 4 is 27.8 Å². The van der Waals surface area contributed by atoms with Crippen LogP contribution in [0.5, 0.6) is 0 Å². The minimum absolute atomic E-state index is 0.0585. The molecule has 0 radical (unpaired) electrons. The summed E-state index contributed by atoms with van der Waals surface area (Å²) in [6.45, 7) is 5.37. The molecule has 1 unspecified atom stereocenters. The molecule has 21 heavy (non-hydrogen) atoms. The van der Waals surface area contributed by atoms with Crippen molar-refractivity contribution in [1.29, 1.82) is 0 Å². The average molecular weight is 356 g/mol. The van der Waals surface area contributed by atoms with Crippen molar-refractivity contribution in [1.82, 2.24) is 5.32 Å². The molecule has 1 aromatic rings. The lowest BCUT2D eigenvalue weighted by Crippen LogP contribution is -2.44. The zero-order chi connectivity index (χ0) is 15.9. The van der Waals surface area contributed by atoms with Crippen LogP contribution in [-0.4, -0.2) is 28.8 Å². The molecule has 1 N–H and O–H groups in total. The van der Waals surface area contributed by atoms with E-state index in [2.05, 4.69) is 21.2 Å². The van der Waals surface area contributed by atoms with E-state index in [1.54, 1.807) is 20.8 Å². The molecule has 0 aromatic heterocycles. The highest BCUT2D eigenvalue weighted by Gasteiger charge is 2.23. The largest absolute Gasteiger partial charge is 0.444 e. The Bertz CT molecular complexity index is 468. The van der Waals surface area contributed by atoms with Crippen LogP contribution in [0.4, 0.5) is 4.79 Å². The maximum Gasteiger partial charge on any atom is 0.408 e. The van der Waals surface area contributed by atoms with Crippen molar-refractivity contribution < 1.29 is 14.3 Å². The molecule has 0 bridgehead atoms. The summed E-state index contributed by atoms with van der Waals surface area (Å²) in [5.41, 5.74) is 0.557. The van der Waals surface area contributed by atoms with E-state index in [1.165, 1.54) is 0 Å². The molecule has 0 aliphatic carbocycles. The Morgan fingerprint density at radius 2 is 1.86 bits per heavy atom. The standard InChI is InChI=1S/C16H22BrNO3/c1-16(2,3)21-15(20)18-13(14(19)11-17)10-9-12-7-5-4-6-8-12/h4-8,13H,9-11H2,1-3H3,(H,18,20). The summed E-state index contributed by atoms with van der Waals surface area (Å²) in [5.74, 6) is -0.0585. The maximum atomic E-state index is 11.9. The van der Waals surface area contributed by atoms with Crippen LogP contribution in [0.2, 0.25) is 0 Å². The lowest BCUT2D eigenvalue weighted by atomic mass is 10.0. The van der Waals surface area contributed by atoms with Gasteiger partial charge in [-0.3, -0.25) is 4.79 Å². The number of aryl methyl sites for hydroxylation is 1. The summed E-state index contributed by atoms with van der Waals surface area (Å²) < 4.78 is 5.20. The second-order valence-corrected chi connectivity index (χ2v) is 6.38. The Kier molecular flexibility index (Phi) is 6.89. The summed E-state index contributed by atoms with van der Waals surface area (Å²) in [7, 11) is 0. The van der Waals surface area contributed by atoms with Crippen molar-refractivity contribution in [2.24, 2.45) is 0 Å². The van der Waals surface area contributed by atoms with E-state index in [0.717, 1.165) is 12.0 Å². The minimum Gasteiger partial charge on any atom is -0.444 e. The van der Waals surface area contributed by atoms with Gasteiger partial charge in [0.05, 0.1) is 11.4 Å². The lowest BCUT2D eigenvalue weighted by Gasteiger charge is -2.22. The van der Waals surface area contributed by atoms with Crippen LogP contribution in [0.15, 0.2) is 30.3 Å². The van der Waals surface area contributed by atoms with E-state index < -0.39 is 17.7 Å². The number of halogens is 1. The predicted octanol–water partition coefficient (Wildman–Crippen LogP) is 3.48. The summed E-state index contributed by atoms with van der Waals surface area (Å²) in [4.78, 5) is 23.7. The van der Waals surface area contributed by atoms with Crippen LogP contribution in [0.25, 0.3) is 0 Å². The molecule has 0 heterocycles. The zero-order valence-electron chi connectivity index (χ0n) is 12.7. The quantitative estimate of drug-likeness (QED) is 0.794. The number of nitrogens with one attached hydrogen (secondary N) is 1. The second-order valence-electron chi connectivity index (χ2n) is 5.82. The first-order valence-electron chi connectivity index (χ1n) is 6.94. The van der Waals surface area contributed by atoms with Gasteiger partial charge >= 0.3 is 6.09 Å². The van der Waals surface area contributed by atoms with Crippen LogP contribution >= 0.6 is 15.9 Å². The molecule has 0 aliphatic rings. The highest BCUT2D eigenvalue weighted by atomic mass is 79.9. The van der Waals surface area contributed by atoms with Crippen molar-refractivity contribution in [2.75, 3.05) is 5.33 Å². The van der Waals surface area contributed by atoms with Crippen LogP contribution in [0.3, 0.4) is 0 Å². The van der Waals surface area contributed by atoms with Crippen molar-refractivity contribution in [3.63, 3.8) is 0 Å². The van der Waals surface area contributed by atoms with Gasteiger partial charge in [-0.15, -0.1) is 0 Å². The molecule has 1 amide bonds. The Morgan fingerprint density at radius 1 is 1.24 bits per heavy atom. The highest BCUT2D eigenvalue weighted by Crippen LogP contribution is 2.10. The highest BCUT2D eigenvalue weighted by molar-refractivity contribution is 9.09. The van der Waals surface area contributed by atoms with Gasteiger partial charge in [-0.2, -0.15) is 0 Å². The molecule has 0 fully saturated rings. The molecule has 0 saturated carbocycles. The molecule has 1 aromatic carbocycles. The van der Waals surface area contributed by atoms with Gasteiger partial charge in [0.1, 0.15) is 5.60 Å². The number of ether oxygens (including phenoxy) is 1. The SMILES string of the molecule is CC(C)(C)OC(=O)NC(CCc1ccccc1)C(=O)CBr. The van der Waals surface area contributed by atoms with Gasteiger partial charge in [0.15, 0.2) is 5.78 Å². The number of amides is 1. The van der Waals surface area contributed by atoms with Crippen molar-refractivity contribution in [3.05, 3.63) is 35.9 Å². The summed E-state index contributed by atoms with van der Waals surface area (Å²) in [6, 6.07) is 9.32. The third-order valence-electron chi connectivity index (χ3n) is 2.78. The molecule has 0 aliphatic heterocycles. The van der Waals surface area contributed by atoms with Crippen LogP contribution in [0, 0.1) is 0 Å². The summed E-state index contributed by atoms with van der Waals surface area (Å²) in [6.07, 6.45) is 0.711. The number of Topliss-reactive ketones (excluding diaryl/α,β-unsaturated/α-hetero) is 1. The first kappa shape index (κ1) is 17.7. The van der Waals surface area contributed by atoms with E-state index in [9.17, 15) is 9.59 Å². The number of carbonyl (C=O) groups excluding carboxylic acids is 2. The first-order valence-corrected chi connectivity index (χ1v) is 8.06. The molecule has 4 nitrogen and oxygen atoms in total. The molecule has 1 rings (SSSR count). The molecule has 5 heteroatoms. The molecular weight excluding hydrogens is 334 g/mol. The topological polar surface area (TPSA) is 55.4 Å². The van der Waals surface area contributed by atoms with Gasteiger partial charge in [0, 0.05) is 0 Å². The number of benzene rings is 1. The van der Waals surface area contributed by atoms with E-state index in [0.29, 0.717) is 6.42 Å². The molecule has 1 atom stereocenters. The van der Waals surface area contributed by atoms with E-state index in [-0.39, 0.29) is 11.1 Å². The third-order valence-corrected chi connectivity index (χ3v) is 3.33. The molecular formula is C16H22BrNO3. The first-order chi connectivity index (χ1) is 9.81. The smallest absolute Gasteiger partial charge is 0.408 e. The Labute approximate surface area is 134 Å². The number of rotatable bonds is 6. The van der Waals surface area contributed by atoms with E-state index >= 15 is 0 Å². The number of hydrogen-bond acceptors (Lipinski definition) is 3. The second kappa shape index (κ2) is 8.17. The average Bonchev–Trinajstić information content (AvgIpc) is 2.41. The minimum atomic E-state index is -0.578. The van der Waals surface area contributed by atoms with Gasteiger partial charge in [0.2, 0.25) is 0 Å². The fourth-order valence-corrected chi connectivity index (χ4v) is 2.20. The Balaban J connectivity index is 2.60. The fraction of sp³-hybridized carbons (Fsp3) is 0.500. The normalized spacial score (nSPS) is 12.6. The Morgan fingerprint density at radius 3 is 2.38 bits per heavy atom. The molecule has 116 valence electrons. The predicted molar refractivity (Wildman–Crippen MR) is 86.7 cm³/mol. The third kappa shape index (κ3) is 7.27.